The van der Waals surface area contributed by atoms with Crippen LogP contribution in [0.5, 0.6) is 0 Å². The zero-order valence-corrected chi connectivity index (χ0v) is 16.6. The molecule has 134 valence electrons. The summed E-state index contributed by atoms with van der Waals surface area (Å²) in [6.45, 7) is 5.47. The molecule has 1 aliphatic heterocycles. The SMILES string of the molecule is Cc1ccc(NC(=O)CN2CCc3sccc3[C@H]2c2cccs2)cc1C. The van der Waals surface area contributed by atoms with Gasteiger partial charge in [0.05, 0.1) is 12.6 Å². The number of thiophene rings is 2. The van der Waals surface area contributed by atoms with Crippen molar-refractivity contribution in [2.75, 3.05) is 18.4 Å². The van der Waals surface area contributed by atoms with Crippen LogP contribution >= 0.6 is 22.7 Å². The predicted octanol–water partition coefficient (Wildman–Crippen LogP) is 5.01. The summed E-state index contributed by atoms with van der Waals surface area (Å²) in [6, 6.07) is 12.7. The van der Waals surface area contributed by atoms with E-state index >= 15 is 0 Å². The first-order valence-corrected chi connectivity index (χ1v) is 10.6. The number of anilines is 1. The Morgan fingerprint density at radius 1 is 1.15 bits per heavy atom. The molecule has 0 saturated carbocycles. The quantitative estimate of drug-likeness (QED) is 0.688. The average molecular weight is 383 g/mol. The molecule has 5 heteroatoms. The van der Waals surface area contributed by atoms with E-state index in [4.69, 9.17) is 0 Å². The first-order chi connectivity index (χ1) is 12.6. The van der Waals surface area contributed by atoms with Gasteiger partial charge in [0.2, 0.25) is 5.91 Å². The van der Waals surface area contributed by atoms with Crippen LogP contribution < -0.4 is 5.32 Å². The number of amides is 1. The number of nitrogens with one attached hydrogen (secondary N) is 1. The molecule has 0 spiro atoms. The van der Waals surface area contributed by atoms with Crippen molar-refractivity contribution in [3.8, 4) is 0 Å². The van der Waals surface area contributed by atoms with Gasteiger partial charge in [0.15, 0.2) is 0 Å². The van der Waals surface area contributed by atoms with Crippen molar-refractivity contribution in [1.82, 2.24) is 4.90 Å². The maximum atomic E-state index is 12.7. The molecule has 3 nitrogen and oxygen atoms in total. The number of fused-ring (bicyclic) bond motifs is 1. The lowest BCUT2D eigenvalue weighted by Crippen LogP contribution is -2.40. The molecule has 0 fully saturated rings. The van der Waals surface area contributed by atoms with Crippen molar-refractivity contribution in [2.45, 2.75) is 26.3 Å². The van der Waals surface area contributed by atoms with Crippen LogP contribution in [0.4, 0.5) is 5.69 Å². The monoisotopic (exact) mass is 382 g/mol. The van der Waals surface area contributed by atoms with Crippen LogP contribution in [-0.4, -0.2) is 23.9 Å². The minimum Gasteiger partial charge on any atom is -0.325 e. The van der Waals surface area contributed by atoms with Crippen LogP contribution in [0.2, 0.25) is 0 Å². The highest BCUT2D eigenvalue weighted by molar-refractivity contribution is 7.10. The molecular formula is C21H22N2OS2. The van der Waals surface area contributed by atoms with Gasteiger partial charge in [-0.1, -0.05) is 12.1 Å². The number of hydrogen-bond acceptors (Lipinski definition) is 4. The van der Waals surface area contributed by atoms with Crippen molar-refractivity contribution in [2.24, 2.45) is 0 Å². The molecule has 3 heterocycles. The highest BCUT2D eigenvalue weighted by Crippen LogP contribution is 2.39. The lowest BCUT2D eigenvalue weighted by Gasteiger charge is -2.34. The van der Waals surface area contributed by atoms with Crippen molar-refractivity contribution in [3.05, 3.63) is 73.6 Å². The summed E-state index contributed by atoms with van der Waals surface area (Å²) in [5.41, 5.74) is 4.67. The highest BCUT2D eigenvalue weighted by Gasteiger charge is 2.31. The topological polar surface area (TPSA) is 32.3 Å². The van der Waals surface area contributed by atoms with Crippen LogP contribution in [0.15, 0.2) is 47.2 Å². The zero-order valence-electron chi connectivity index (χ0n) is 15.0. The van der Waals surface area contributed by atoms with Gasteiger partial charge < -0.3 is 5.32 Å². The Labute approximate surface area is 162 Å². The van der Waals surface area contributed by atoms with Crippen molar-refractivity contribution in [1.29, 1.82) is 0 Å². The summed E-state index contributed by atoms with van der Waals surface area (Å²) in [6.07, 6.45) is 1.02. The van der Waals surface area contributed by atoms with Crippen molar-refractivity contribution in [3.63, 3.8) is 0 Å². The third-order valence-electron chi connectivity index (χ3n) is 5.02. The van der Waals surface area contributed by atoms with Crippen LogP contribution in [-0.2, 0) is 11.2 Å². The zero-order chi connectivity index (χ0) is 18.1. The number of benzene rings is 1. The normalized spacial score (nSPS) is 17.1. The second-order valence-corrected chi connectivity index (χ2v) is 8.76. The maximum absolute atomic E-state index is 12.7. The molecule has 0 aliphatic carbocycles. The van der Waals surface area contributed by atoms with E-state index in [1.807, 2.05) is 23.5 Å². The molecule has 0 radical (unpaired) electrons. The Balaban J connectivity index is 1.53. The number of rotatable bonds is 4. The molecule has 26 heavy (non-hydrogen) atoms. The van der Waals surface area contributed by atoms with Gasteiger partial charge in [-0.2, -0.15) is 0 Å². The van der Waals surface area contributed by atoms with Crippen LogP contribution in [0.25, 0.3) is 0 Å². The minimum absolute atomic E-state index is 0.0495. The summed E-state index contributed by atoms with van der Waals surface area (Å²) in [5, 5.41) is 7.35. The van der Waals surface area contributed by atoms with Gasteiger partial charge in [-0.15, -0.1) is 22.7 Å². The van der Waals surface area contributed by atoms with Crippen LogP contribution in [0.1, 0.15) is 32.5 Å². The van der Waals surface area contributed by atoms with Gasteiger partial charge in [-0.3, -0.25) is 9.69 Å². The molecule has 1 amide bonds. The van der Waals surface area contributed by atoms with E-state index in [-0.39, 0.29) is 11.9 Å². The fraction of sp³-hybridized carbons (Fsp3) is 0.286. The molecule has 1 aliphatic rings. The van der Waals surface area contributed by atoms with Crippen LogP contribution in [0, 0.1) is 13.8 Å². The molecule has 0 saturated heterocycles. The lowest BCUT2D eigenvalue weighted by atomic mass is 9.98. The molecule has 0 bridgehead atoms. The summed E-state index contributed by atoms with van der Waals surface area (Å²) in [4.78, 5) is 17.8. The molecule has 2 aromatic heterocycles. The lowest BCUT2D eigenvalue weighted by molar-refractivity contribution is -0.117. The van der Waals surface area contributed by atoms with E-state index < -0.39 is 0 Å². The second kappa shape index (κ2) is 7.35. The summed E-state index contributed by atoms with van der Waals surface area (Å²) in [7, 11) is 0. The minimum atomic E-state index is 0.0495. The average Bonchev–Trinajstić information content (AvgIpc) is 3.29. The smallest absolute Gasteiger partial charge is 0.238 e. The molecule has 0 unspecified atom stereocenters. The second-order valence-electron chi connectivity index (χ2n) is 6.78. The first-order valence-electron chi connectivity index (χ1n) is 8.82. The van der Waals surface area contributed by atoms with E-state index in [1.54, 1.807) is 11.3 Å². The fourth-order valence-electron chi connectivity index (χ4n) is 3.52. The van der Waals surface area contributed by atoms with Crippen LogP contribution in [0.3, 0.4) is 0 Å². The van der Waals surface area contributed by atoms with E-state index in [1.165, 1.54) is 26.4 Å². The van der Waals surface area contributed by atoms with Gasteiger partial charge in [0.25, 0.3) is 0 Å². The highest BCUT2D eigenvalue weighted by atomic mass is 32.1. The molecule has 4 rings (SSSR count). The third-order valence-corrected chi connectivity index (χ3v) is 6.94. The van der Waals surface area contributed by atoms with E-state index in [9.17, 15) is 4.79 Å². The Kier molecular flexibility index (Phi) is 4.94. The Morgan fingerprint density at radius 2 is 2.04 bits per heavy atom. The maximum Gasteiger partial charge on any atom is 0.238 e. The number of carbonyl (C=O) groups is 1. The van der Waals surface area contributed by atoms with Gasteiger partial charge in [-0.05, 0) is 72.0 Å². The fourth-order valence-corrected chi connectivity index (χ4v) is 5.30. The summed E-state index contributed by atoms with van der Waals surface area (Å²) >= 11 is 3.60. The summed E-state index contributed by atoms with van der Waals surface area (Å²) < 4.78 is 0. The van der Waals surface area contributed by atoms with Crippen molar-refractivity contribution >= 4 is 34.3 Å². The molecule has 3 aromatic rings. The van der Waals surface area contributed by atoms with E-state index in [2.05, 4.69) is 59.1 Å². The predicted molar refractivity (Wildman–Crippen MR) is 110 cm³/mol. The number of hydrogen-bond donors (Lipinski definition) is 1. The number of nitrogens with zero attached hydrogens (tertiary/aromatic N) is 1. The van der Waals surface area contributed by atoms with Gasteiger partial charge in [0.1, 0.15) is 0 Å². The molecule has 1 N–H and O–H groups in total. The van der Waals surface area contributed by atoms with Crippen molar-refractivity contribution < 1.29 is 4.79 Å². The van der Waals surface area contributed by atoms with Gasteiger partial charge >= 0.3 is 0 Å². The molecule has 1 atom stereocenters. The Bertz CT molecular complexity index is 914. The standard InChI is InChI=1S/C21H22N2OS2/c1-14-5-6-16(12-15(14)2)22-20(24)13-23-9-7-18-17(8-11-26-18)21(23)19-4-3-10-25-19/h3-6,8,10-12,21H,7,9,13H2,1-2H3,(H,22,24)/t21-/m0/s1. The third kappa shape index (κ3) is 3.47. The largest absolute Gasteiger partial charge is 0.325 e. The number of carbonyl (C=O) groups excluding carboxylic acids is 1. The molecule has 1 aromatic carbocycles. The van der Waals surface area contributed by atoms with Gasteiger partial charge in [0, 0.05) is 22.0 Å². The van der Waals surface area contributed by atoms with Gasteiger partial charge in [-0.25, -0.2) is 0 Å². The summed E-state index contributed by atoms with van der Waals surface area (Å²) in [5.74, 6) is 0.0495. The van der Waals surface area contributed by atoms with E-state index in [0.717, 1.165) is 18.7 Å². The Morgan fingerprint density at radius 3 is 2.81 bits per heavy atom. The number of aryl methyl sites for hydroxylation is 2. The Hall–Kier alpha value is -1.95. The van der Waals surface area contributed by atoms with E-state index in [0.29, 0.717) is 6.54 Å². The molecular weight excluding hydrogens is 360 g/mol. The first kappa shape index (κ1) is 17.5.